The van der Waals surface area contributed by atoms with Gasteiger partial charge in [0.1, 0.15) is 0 Å². The van der Waals surface area contributed by atoms with Crippen molar-refractivity contribution in [1.29, 1.82) is 0 Å². The van der Waals surface area contributed by atoms with E-state index in [1.54, 1.807) is 0 Å². The Morgan fingerprint density at radius 3 is 2.62 bits per heavy atom. The highest BCUT2D eigenvalue weighted by molar-refractivity contribution is 7.80. The first-order valence-corrected chi connectivity index (χ1v) is 5.24. The lowest BCUT2D eigenvalue weighted by Gasteiger charge is -2.16. The fourth-order valence-corrected chi connectivity index (χ4v) is 1.18. The summed E-state index contributed by atoms with van der Waals surface area (Å²) in [5, 5.41) is 2.92. The molecule has 0 aliphatic heterocycles. The molecule has 0 aliphatic carbocycles. The van der Waals surface area contributed by atoms with E-state index in [1.165, 1.54) is 0 Å². The summed E-state index contributed by atoms with van der Waals surface area (Å²) in [5.74, 6) is 0.716. The minimum Gasteiger partial charge on any atom is -0.354 e. The van der Waals surface area contributed by atoms with Crippen molar-refractivity contribution in [3.8, 4) is 0 Å². The van der Waals surface area contributed by atoms with E-state index < -0.39 is 0 Å². The standard InChI is InChI=1S/C9H20N2OS/c1-8(4-6-11(2)3)10-9(12)5-7-13/h8,13H,4-7H2,1-3H3,(H,10,12). The SMILES string of the molecule is CC(CCN(C)C)NC(=O)CCS. The van der Waals surface area contributed by atoms with Gasteiger partial charge in [-0.1, -0.05) is 0 Å². The minimum absolute atomic E-state index is 0.0984. The number of thiol groups is 1. The van der Waals surface area contributed by atoms with Crippen molar-refractivity contribution in [2.24, 2.45) is 0 Å². The molecule has 0 saturated carbocycles. The van der Waals surface area contributed by atoms with Crippen molar-refractivity contribution in [2.45, 2.75) is 25.8 Å². The Bertz CT molecular complexity index is 151. The van der Waals surface area contributed by atoms with E-state index in [-0.39, 0.29) is 11.9 Å². The van der Waals surface area contributed by atoms with Gasteiger partial charge < -0.3 is 10.2 Å². The predicted octanol–water partition coefficient (Wildman–Crippen LogP) is 0.763. The average Bonchev–Trinajstić information content (AvgIpc) is 2.01. The van der Waals surface area contributed by atoms with Gasteiger partial charge in [-0.2, -0.15) is 12.6 Å². The van der Waals surface area contributed by atoms with Crippen molar-refractivity contribution in [3.63, 3.8) is 0 Å². The number of carbonyl (C=O) groups excluding carboxylic acids is 1. The van der Waals surface area contributed by atoms with Gasteiger partial charge in [0.25, 0.3) is 0 Å². The third-order valence-electron chi connectivity index (χ3n) is 1.76. The topological polar surface area (TPSA) is 32.3 Å². The summed E-state index contributed by atoms with van der Waals surface area (Å²) in [6.45, 7) is 3.03. The van der Waals surface area contributed by atoms with Crippen LogP contribution in [0.1, 0.15) is 19.8 Å². The van der Waals surface area contributed by atoms with Crippen LogP contribution in [0.25, 0.3) is 0 Å². The molecule has 0 bridgehead atoms. The fraction of sp³-hybridized carbons (Fsp3) is 0.889. The molecule has 13 heavy (non-hydrogen) atoms. The quantitative estimate of drug-likeness (QED) is 0.626. The minimum atomic E-state index is 0.0984. The lowest BCUT2D eigenvalue weighted by Crippen LogP contribution is -2.34. The summed E-state index contributed by atoms with van der Waals surface area (Å²) >= 11 is 4.00. The van der Waals surface area contributed by atoms with Gasteiger partial charge in [0.05, 0.1) is 0 Å². The van der Waals surface area contributed by atoms with Crippen LogP contribution in [-0.2, 0) is 4.79 Å². The van der Waals surface area contributed by atoms with Gasteiger partial charge in [0.2, 0.25) is 5.91 Å². The number of hydrogen-bond acceptors (Lipinski definition) is 3. The van der Waals surface area contributed by atoms with Crippen LogP contribution in [0.5, 0.6) is 0 Å². The Kier molecular flexibility index (Phi) is 7.09. The predicted molar refractivity (Wildman–Crippen MR) is 59.2 cm³/mol. The third kappa shape index (κ3) is 8.12. The molecule has 0 heterocycles. The maximum Gasteiger partial charge on any atom is 0.221 e. The zero-order valence-corrected chi connectivity index (χ0v) is 9.60. The molecular weight excluding hydrogens is 184 g/mol. The van der Waals surface area contributed by atoms with Crippen LogP contribution in [0, 0.1) is 0 Å². The lowest BCUT2D eigenvalue weighted by molar-refractivity contribution is -0.121. The molecule has 1 atom stereocenters. The van der Waals surface area contributed by atoms with E-state index in [4.69, 9.17) is 0 Å². The molecule has 0 fully saturated rings. The monoisotopic (exact) mass is 204 g/mol. The molecule has 3 nitrogen and oxygen atoms in total. The average molecular weight is 204 g/mol. The van der Waals surface area contributed by atoms with Gasteiger partial charge >= 0.3 is 0 Å². The van der Waals surface area contributed by atoms with Gasteiger partial charge in [-0.25, -0.2) is 0 Å². The Hall–Kier alpha value is -0.220. The first kappa shape index (κ1) is 12.8. The van der Waals surface area contributed by atoms with Crippen LogP contribution < -0.4 is 5.32 Å². The molecule has 0 radical (unpaired) electrons. The van der Waals surface area contributed by atoms with Gasteiger partial charge in [-0.3, -0.25) is 4.79 Å². The van der Waals surface area contributed by atoms with Crippen LogP contribution >= 0.6 is 12.6 Å². The Balaban J connectivity index is 3.49. The number of nitrogens with zero attached hydrogens (tertiary/aromatic N) is 1. The van der Waals surface area contributed by atoms with Crippen LogP contribution in [0.2, 0.25) is 0 Å². The molecule has 1 amide bonds. The first-order valence-electron chi connectivity index (χ1n) is 4.61. The Morgan fingerprint density at radius 2 is 2.15 bits per heavy atom. The van der Waals surface area contributed by atoms with E-state index in [1.807, 2.05) is 21.0 Å². The number of rotatable bonds is 6. The lowest BCUT2D eigenvalue weighted by atomic mass is 10.2. The van der Waals surface area contributed by atoms with Gasteiger partial charge in [-0.05, 0) is 39.7 Å². The molecule has 0 saturated heterocycles. The smallest absolute Gasteiger partial charge is 0.221 e. The summed E-state index contributed by atoms with van der Waals surface area (Å²) in [7, 11) is 4.06. The second-order valence-corrected chi connectivity index (χ2v) is 3.98. The van der Waals surface area contributed by atoms with E-state index in [0.29, 0.717) is 12.2 Å². The van der Waals surface area contributed by atoms with Crippen LogP contribution in [0.3, 0.4) is 0 Å². The molecular formula is C9H20N2OS. The van der Waals surface area contributed by atoms with Gasteiger partial charge in [0.15, 0.2) is 0 Å². The second kappa shape index (κ2) is 7.21. The van der Waals surface area contributed by atoms with Crippen LogP contribution in [0.4, 0.5) is 0 Å². The van der Waals surface area contributed by atoms with Crippen LogP contribution in [0.15, 0.2) is 0 Å². The van der Waals surface area contributed by atoms with E-state index >= 15 is 0 Å². The highest BCUT2D eigenvalue weighted by Gasteiger charge is 2.05. The first-order chi connectivity index (χ1) is 6.06. The fourth-order valence-electron chi connectivity index (χ4n) is 0.973. The second-order valence-electron chi connectivity index (χ2n) is 3.53. The molecule has 0 spiro atoms. The van der Waals surface area contributed by atoms with Crippen molar-refractivity contribution >= 4 is 18.5 Å². The molecule has 0 aromatic carbocycles. The summed E-state index contributed by atoms with van der Waals surface area (Å²) in [6.07, 6.45) is 1.50. The summed E-state index contributed by atoms with van der Waals surface area (Å²) < 4.78 is 0. The number of hydrogen-bond donors (Lipinski definition) is 2. The van der Waals surface area contributed by atoms with Gasteiger partial charge in [-0.15, -0.1) is 0 Å². The maximum atomic E-state index is 11.1. The molecule has 78 valence electrons. The zero-order valence-electron chi connectivity index (χ0n) is 8.71. The van der Waals surface area contributed by atoms with Crippen molar-refractivity contribution in [1.82, 2.24) is 10.2 Å². The molecule has 0 aromatic heterocycles. The summed E-state index contributed by atoms with van der Waals surface area (Å²) in [4.78, 5) is 13.2. The number of carbonyl (C=O) groups is 1. The van der Waals surface area contributed by atoms with Crippen LogP contribution in [-0.4, -0.2) is 43.2 Å². The third-order valence-corrected chi connectivity index (χ3v) is 1.98. The highest BCUT2D eigenvalue weighted by Crippen LogP contribution is 1.93. The molecule has 0 aliphatic rings. The molecule has 0 aromatic rings. The highest BCUT2D eigenvalue weighted by atomic mass is 32.1. The van der Waals surface area contributed by atoms with Gasteiger partial charge in [0, 0.05) is 12.5 Å². The van der Waals surface area contributed by atoms with Crippen molar-refractivity contribution in [2.75, 3.05) is 26.4 Å². The normalized spacial score (nSPS) is 13.0. The van der Waals surface area contributed by atoms with E-state index in [0.717, 1.165) is 13.0 Å². The Labute approximate surface area is 86.3 Å². The molecule has 0 rings (SSSR count). The largest absolute Gasteiger partial charge is 0.354 e. The Morgan fingerprint density at radius 1 is 1.54 bits per heavy atom. The molecule has 1 N–H and O–H groups in total. The molecule has 4 heteroatoms. The van der Waals surface area contributed by atoms with Crippen molar-refractivity contribution in [3.05, 3.63) is 0 Å². The maximum absolute atomic E-state index is 11.1. The van der Waals surface area contributed by atoms with E-state index in [2.05, 4.69) is 22.8 Å². The summed E-state index contributed by atoms with van der Waals surface area (Å²) in [6, 6.07) is 0.259. The zero-order chi connectivity index (χ0) is 10.3. The van der Waals surface area contributed by atoms with Crippen molar-refractivity contribution < 1.29 is 4.79 Å². The number of nitrogens with one attached hydrogen (secondary N) is 1. The van der Waals surface area contributed by atoms with E-state index in [9.17, 15) is 4.79 Å². The number of amides is 1. The summed E-state index contributed by atoms with van der Waals surface area (Å²) in [5.41, 5.74) is 0. The molecule has 1 unspecified atom stereocenters.